The van der Waals surface area contributed by atoms with Crippen molar-refractivity contribution in [2.24, 2.45) is 5.92 Å². The van der Waals surface area contributed by atoms with E-state index < -0.39 is 0 Å². The topological polar surface area (TPSA) is 15.3 Å². The molecule has 94 valence electrons. The highest BCUT2D eigenvalue weighted by atomic mass is 15.1. The SMILES string of the molecule is CCN(CCC1CCNCC1)C1CCCC1. The van der Waals surface area contributed by atoms with Crippen molar-refractivity contribution in [1.29, 1.82) is 0 Å². The molecule has 16 heavy (non-hydrogen) atoms. The minimum absolute atomic E-state index is 0.923. The second-order valence-corrected chi connectivity index (χ2v) is 5.55. The molecule has 0 aromatic rings. The van der Waals surface area contributed by atoms with Crippen molar-refractivity contribution in [3.8, 4) is 0 Å². The van der Waals surface area contributed by atoms with Crippen LogP contribution in [0, 0.1) is 5.92 Å². The molecule has 0 amide bonds. The zero-order valence-electron chi connectivity index (χ0n) is 10.9. The molecule has 2 fully saturated rings. The van der Waals surface area contributed by atoms with E-state index in [9.17, 15) is 0 Å². The van der Waals surface area contributed by atoms with Gasteiger partial charge >= 0.3 is 0 Å². The van der Waals surface area contributed by atoms with Gasteiger partial charge in [-0.3, -0.25) is 0 Å². The monoisotopic (exact) mass is 224 g/mol. The lowest BCUT2D eigenvalue weighted by atomic mass is 9.94. The van der Waals surface area contributed by atoms with E-state index in [2.05, 4.69) is 17.1 Å². The van der Waals surface area contributed by atoms with Crippen molar-refractivity contribution < 1.29 is 0 Å². The van der Waals surface area contributed by atoms with E-state index in [-0.39, 0.29) is 0 Å². The summed E-state index contributed by atoms with van der Waals surface area (Å²) in [6.07, 6.45) is 10.1. The van der Waals surface area contributed by atoms with E-state index in [1.165, 1.54) is 71.1 Å². The van der Waals surface area contributed by atoms with Crippen LogP contribution in [0.2, 0.25) is 0 Å². The van der Waals surface area contributed by atoms with Gasteiger partial charge in [0.1, 0.15) is 0 Å². The Kier molecular flexibility index (Phi) is 5.11. The second kappa shape index (κ2) is 6.61. The molecule has 2 aliphatic rings. The predicted octanol–water partition coefficient (Wildman–Crippen LogP) is 2.64. The predicted molar refractivity (Wildman–Crippen MR) is 69.7 cm³/mol. The third-order valence-corrected chi connectivity index (χ3v) is 4.53. The van der Waals surface area contributed by atoms with E-state index in [1.54, 1.807) is 0 Å². The number of nitrogens with one attached hydrogen (secondary N) is 1. The number of hydrogen-bond donors (Lipinski definition) is 1. The molecule has 1 aliphatic heterocycles. The zero-order chi connectivity index (χ0) is 11.2. The lowest BCUT2D eigenvalue weighted by molar-refractivity contribution is 0.186. The highest BCUT2D eigenvalue weighted by Gasteiger charge is 2.22. The average Bonchev–Trinajstić information content (AvgIpc) is 2.85. The van der Waals surface area contributed by atoms with Gasteiger partial charge in [0, 0.05) is 6.04 Å². The molecule has 0 bridgehead atoms. The Morgan fingerprint density at radius 3 is 2.38 bits per heavy atom. The maximum Gasteiger partial charge on any atom is 0.00951 e. The Bertz CT molecular complexity index is 181. The third kappa shape index (κ3) is 3.46. The smallest absolute Gasteiger partial charge is 0.00951 e. The molecule has 2 rings (SSSR count). The highest BCUT2D eigenvalue weighted by molar-refractivity contribution is 4.78. The van der Waals surface area contributed by atoms with Crippen molar-refractivity contribution in [3.05, 3.63) is 0 Å². The number of hydrogen-bond acceptors (Lipinski definition) is 2. The van der Waals surface area contributed by atoms with Gasteiger partial charge in [0.05, 0.1) is 0 Å². The summed E-state index contributed by atoms with van der Waals surface area (Å²) in [6.45, 7) is 7.45. The van der Waals surface area contributed by atoms with Crippen molar-refractivity contribution in [2.75, 3.05) is 26.2 Å². The van der Waals surface area contributed by atoms with Gasteiger partial charge < -0.3 is 10.2 Å². The molecule has 0 atom stereocenters. The summed E-state index contributed by atoms with van der Waals surface area (Å²) in [7, 11) is 0. The van der Waals surface area contributed by atoms with Gasteiger partial charge in [0.15, 0.2) is 0 Å². The first-order chi connectivity index (χ1) is 7.90. The molecule has 0 aromatic heterocycles. The van der Waals surface area contributed by atoms with Gasteiger partial charge in [-0.2, -0.15) is 0 Å². The fourth-order valence-corrected chi connectivity index (χ4v) is 3.39. The Morgan fingerprint density at radius 2 is 1.75 bits per heavy atom. The Hall–Kier alpha value is -0.0800. The van der Waals surface area contributed by atoms with Gasteiger partial charge in [-0.15, -0.1) is 0 Å². The fraction of sp³-hybridized carbons (Fsp3) is 1.00. The van der Waals surface area contributed by atoms with Gasteiger partial charge in [-0.1, -0.05) is 19.8 Å². The molecule has 1 aliphatic carbocycles. The number of piperidine rings is 1. The lowest BCUT2D eigenvalue weighted by Gasteiger charge is -2.30. The molecule has 0 aromatic carbocycles. The first-order valence-corrected chi connectivity index (χ1v) is 7.35. The van der Waals surface area contributed by atoms with Crippen LogP contribution in [0.3, 0.4) is 0 Å². The normalized spacial score (nSPS) is 24.4. The molecule has 2 heteroatoms. The Morgan fingerprint density at radius 1 is 1.06 bits per heavy atom. The van der Waals surface area contributed by atoms with Crippen LogP contribution in [0.15, 0.2) is 0 Å². The Labute approximate surface area is 101 Å². The van der Waals surface area contributed by atoms with Crippen LogP contribution in [-0.4, -0.2) is 37.1 Å². The maximum absolute atomic E-state index is 3.46. The molecule has 0 unspecified atom stereocenters. The summed E-state index contributed by atoms with van der Waals surface area (Å²) < 4.78 is 0. The van der Waals surface area contributed by atoms with E-state index in [0.717, 1.165) is 12.0 Å². The summed E-state index contributed by atoms with van der Waals surface area (Å²) in [6, 6.07) is 0.923. The van der Waals surface area contributed by atoms with Crippen LogP contribution in [0.25, 0.3) is 0 Å². The molecule has 0 spiro atoms. The summed E-state index contributed by atoms with van der Waals surface area (Å²) in [5, 5.41) is 3.46. The molecule has 1 N–H and O–H groups in total. The summed E-state index contributed by atoms with van der Waals surface area (Å²) in [4.78, 5) is 2.75. The molecular weight excluding hydrogens is 196 g/mol. The highest BCUT2D eigenvalue weighted by Crippen LogP contribution is 2.25. The first-order valence-electron chi connectivity index (χ1n) is 7.35. The van der Waals surface area contributed by atoms with Crippen LogP contribution in [-0.2, 0) is 0 Å². The van der Waals surface area contributed by atoms with E-state index in [1.807, 2.05) is 0 Å². The molecule has 1 saturated heterocycles. The zero-order valence-corrected chi connectivity index (χ0v) is 10.9. The van der Waals surface area contributed by atoms with E-state index in [4.69, 9.17) is 0 Å². The van der Waals surface area contributed by atoms with Crippen molar-refractivity contribution in [3.63, 3.8) is 0 Å². The molecule has 0 radical (unpaired) electrons. The van der Waals surface area contributed by atoms with Gasteiger partial charge in [0.25, 0.3) is 0 Å². The fourth-order valence-electron chi connectivity index (χ4n) is 3.39. The van der Waals surface area contributed by atoms with Crippen LogP contribution in [0.1, 0.15) is 51.9 Å². The van der Waals surface area contributed by atoms with E-state index >= 15 is 0 Å². The minimum atomic E-state index is 0.923. The molecule has 2 nitrogen and oxygen atoms in total. The first kappa shape index (κ1) is 12.4. The largest absolute Gasteiger partial charge is 0.317 e. The second-order valence-electron chi connectivity index (χ2n) is 5.55. The van der Waals surface area contributed by atoms with Gasteiger partial charge in [-0.05, 0) is 64.2 Å². The molecular formula is C14H28N2. The van der Waals surface area contributed by atoms with Crippen LogP contribution in [0.4, 0.5) is 0 Å². The van der Waals surface area contributed by atoms with Crippen molar-refractivity contribution >= 4 is 0 Å². The Balaban J connectivity index is 1.69. The van der Waals surface area contributed by atoms with Crippen molar-refractivity contribution in [1.82, 2.24) is 10.2 Å². The van der Waals surface area contributed by atoms with Crippen molar-refractivity contribution in [2.45, 2.75) is 57.9 Å². The van der Waals surface area contributed by atoms with Crippen LogP contribution < -0.4 is 5.32 Å². The molecule has 1 heterocycles. The maximum atomic E-state index is 3.46. The quantitative estimate of drug-likeness (QED) is 0.772. The third-order valence-electron chi connectivity index (χ3n) is 4.53. The summed E-state index contributed by atoms with van der Waals surface area (Å²) in [5.74, 6) is 0.997. The standard InChI is InChI=1S/C14H28N2/c1-2-16(14-5-3-4-6-14)12-9-13-7-10-15-11-8-13/h13-15H,2-12H2,1H3. The van der Waals surface area contributed by atoms with E-state index in [0.29, 0.717) is 0 Å². The summed E-state index contributed by atoms with van der Waals surface area (Å²) >= 11 is 0. The number of nitrogens with zero attached hydrogens (tertiary/aromatic N) is 1. The lowest BCUT2D eigenvalue weighted by Crippen LogP contribution is -2.36. The van der Waals surface area contributed by atoms with Crippen LogP contribution >= 0.6 is 0 Å². The summed E-state index contributed by atoms with van der Waals surface area (Å²) in [5.41, 5.74) is 0. The number of rotatable bonds is 5. The minimum Gasteiger partial charge on any atom is -0.317 e. The van der Waals surface area contributed by atoms with Gasteiger partial charge in [-0.25, -0.2) is 0 Å². The van der Waals surface area contributed by atoms with Crippen LogP contribution in [0.5, 0.6) is 0 Å². The molecule has 1 saturated carbocycles. The average molecular weight is 224 g/mol. The van der Waals surface area contributed by atoms with Gasteiger partial charge in [0.2, 0.25) is 0 Å².